The second-order valence-corrected chi connectivity index (χ2v) is 4.01. The summed E-state index contributed by atoms with van der Waals surface area (Å²) in [6.07, 6.45) is 2.84. The average molecular weight is 166 g/mol. The maximum absolute atomic E-state index is 5.78. The van der Waals surface area contributed by atoms with E-state index in [-0.39, 0.29) is 5.12 Å². The summed E-state index contributed by atoms with van der Waals surface area (Å²) in [6.45, 7) is 5.74. The zero-order valence-corrected chi connectivity index (χ0v) is 7.36. The Morgan fingerprint density at radius 2 is 2.44 bits per heavy atom. The first-order valence-corrected chi connectivity index (χ1v) is 4.52. The molecule has 54 valence electrons. The summed E-state index contributed by atoms with van der Waals surface area (Å²) in [7, 11) is 0.345. The van der Waals surface area contributed by atoms with Gasteiger partial charge in [-0.3, -0.25) is 0 Å². The summed E-state index contributed by atoms with van der Waals surface area (Å²) in [6, 6.07) is 0. The summed E-state index contributed by atoms with van der Waals surface area (Å²) in [5, 5.41) is 0.137. The van der Waals surface area contributed by atoms with Crippen molar-refractivity contribution < 1.29 is 0 Å². The van der Waals surface area contributed by atoms with E-state index in [4.69, 9.17) is 17.1 Å². The molecule has 0 bridgehead atoms. The van der Waals surface area contributed by atoms with Gasteiger partial charge >= 0.3 is 0 Å². The molecule has 0 aromatic rings. The van der Waals surface area contributed by atoms with Crippen LogP contribution >= 0.6 is 20.3 Å². The highest BCUT2D eigenvalue weighted by Gasteiger charge is 2.04. The van der Waals surface area contributed by atoms with Crippen LogP contribution in [0.3, 0.4) is 0 Å². The Bertz CT molecular complexity index is 87.1. The van der Waals surface area contributed by atoms with Gasteiger partial charge in [0.2, 0.25) is 0 Å². The van der Waals surface area contributed by atoms with Gasteiger partial charge in [-0.25, -0.2) is 0 Å². The summed E-state index contributed by atoms with van der Waals surface area (Å²) >= 11 is 5.78. The van der Waals surface area contributed by atoms with E-state index in [1.165, 1.54) is 0 Å². The maximum Gasteiger partial charge on any atom is 0.0642 e. The van der Waals surface area contributed by atoms with Gasteiger partial charge in [-0.05, 0) is 21.1 Å². The molecule has 0 aromatic carbocycles. The topological polar surface area (TPSA) is 26.0 Å². The monoisotopic (exact) mass is 165 g/mol. The van der Waals surface area contributed by atoms with E-state index in [2.05, 4.69) is 13.5 Å². The molecule has 2 N–H and O–H groups in total. The lowest BCUT2D eigenvalue weighted by molar-refractivity contribution is 0.687. The number of halogens is 1. The van der Waals surface area contributed by atoms with Gasteiger partial charge in [-0.2, -0.15) is 0 Å². The van der Waals surface area contributed by atoms with Gasteiger partial charge in [0, 0.05) is 0 Å². The van der Waals surface area contributed by atoms with E-state index in [0.29, 0.717) is 14.6 Å². The zero-order valence-electron chi connectivity index (χ0n) is 5.60. The Hall–Kier alpha value is 0.420. The smallest absolute Gasteiger partial charge is 0.0642 e. The molecule has 0 aliphatic heterocycles. The molecule has 0 heterocycles. The molecule has 0 radical (unpaired) electrons. The molecule has 0 amide bonds. The molecular weight excluding hydrogens is 152 g/mol. The minimum Gasteiger partial charge on any atom is -0.311 e. The number of nitrogens with two attached hydrogens (primary N) is 1. The molecule has 3 heteroatoms. The van der Waals surface area contributed by atoms with Gasteiger partial charge in [-0.15, -0.1) is 18.2 Å². The highest BCUT2D eigenvalue weighted by molar-refractivity contribution is 7.38. The molecule has 0 saturated heterocycles. The van der Waals surface area contributed by atoms with Crippen molar-refractivity contribution >= 4 is 20.3 Å². The van der Waals surface area contributed by atoms with Crippen molar-refractivity contribution in [3.63, 3.8) is 0 Å². The fraction of sp³-hybridized carbons (Fsp3) is 0.667. The number of hydrogen-bond acceptors (Lipinski definition) is 1. The third-order valence-corrected chi connectivity index (χ3v) is 2.32. The molecule has 0 fully saturated rings. The van der Waals surface area contributed by atoms with Crippen molar-refractivity contribution in [3.8, 4) is 0 Å². The number of hydrogen-bond donors (Lipinski definition) is 1. The first-order valence-electron chi connectivity index (χ1n) is 2.93. The summed E-state index contributed by atoms with van der Waals surface area (Å²) in [5.74, 6) is 0.489. The van der Waals surface area contributed by atoms with Gasteiger partial charge in [0.05, 0.1) is 5.12 Å². The minimum absolute atomic E-state index is 0.137. The third-order valence-electron chi connectivity index (χ3n) is 1.16. The van der Waals surface area contributed by atoms with Crippen molar-refractivity contribution in [2.24, 2.45) is 11.4 Å². The van der Waals surface area contributed by atoms with Crippen molar-refractivity contribution in [1.29, 1.82) is 0 Å². The molecule has 0 aromatic heterocycles. The second kappa shape index (κ2) is 5.22. The van der Waals surface area contributed by atoms with Crippen molar-refractivity contribution in [3.05, 3.63) is 12.7 Å². The quantitative estimate of drug-likeness (QED) is 0.386. The van der Waals surface area contributed by atoms with Crippen LogP contribution in [0.15, 0.2) is 12.7 Å². The minimum atomic E-state index is 0.137. The lowest BCUT2D eigenvalue weighted by Gasteiger charge is -2.08. The predicted molar refractivity (Wildman–Crippen MR) is 46.1 cm³/mol. The molecular formula is C6H13ClNP. The second-order valence-electron chi connectivity index (χ2n) is 2.08. The molecule has 0 spiro atoms. The first-order chi connectivity index (χ1) is 4.20. The summed E-state index contributed by atoms with van der Waals surface area (Å²) in [4.78, 5) is 0. The lowest BCUT2D eigenvalue weighted by Crippen LogP contribution is -1.99. The zero-order chi connectivity index (χ0) is 7.28. The normalized spacial score (nSPS) is 18.1. The molecule has 0 saturated carbocycles. The van der Waals surface area contributed by atoms with Crippen molar-refractivity contribution in [2.75, 3.05) is 0 Å². The molecule has 0 rings (SSSR count). The van der Waals surface area contributed by atoms with Crippen LogP contribution < -0.4 is 5.50 Å². The summed E-state index contributed by atoms with van der Waals surface area (Å²) in [5.41, 5.74) is 5.34. The Morgan fingerprint density at radius 1 is 1.89 bits per heavy atom. The highest BCUT2D eigenvalue weighted by Crippen LogP contribution is 2.22. The van der Waals surface area contributed by atoms with Crippen LogP contribution in [0.25, 0.3) is 0 Å². The Morgan fingerprint density at radius 3 is 2.78 bits per heavy atom. The van der Waals surface area contributed by atoms with Gasteiger partial charge < -0.3 is 5.50 Å². The van der Waals surface area contributed by atoms with Crippen molar-refractivity contribution in [2.45, 2.75) is 18.5 Å². The standard InChI is InChI=1S/C6H13ClNP/c1-3-5(2)4-6(7)9-8/h3,5-6,9H,1,4,8H2,2H3. The van der Waals surface area contributed by atoms with E-state index < -0.39 is 0 Å². The Kier molecular flexibility index (Phi) is 5.47. The van der Waals surface area contributed by atoms with E-state index in [1.54, 1.807) is 0 Å². The first kappa shape index (κ1) is 9.42. The lowest BCUT2D eigenvalue weighted by atomic mass is 10.1. The van der Waals surface area contributed by atoms with Crippen LogP contribution in [0.5, 0.6) is 0 Å². The Balaban J connectivity index is 3.33. The maximum atomic E-state index is 5.78. The number of allylic oxidation sites excluding steroid dienone is 1. The Labute approximate surface area is 63.5 Å². The van der Waals surface area contributed by atoms with E-state index in [9.17, 15) is 0 Å². The van der Waals surface area contributed by atoms with Gasteiger partial charge in [0.15, 0.2) is 0 Å². The molecule has 0 aliphatic rings. The summed E-state index contributed by atoms with van der Waals surface area (Å²) < 4.78 is 0. The number of alkyl halides is 1. The average Bonchev–Trinajstić information content (AvgIpc) is 1.87. The van der Waals surface area contributed by atoms with Crippen LogP contribution in [0, 0.1) is 5.92 Å². The van der Waals surface area contributed by atoms with E-state index >= 15 is 0 Å². The molecule has 3 unspecified atom stereocenters. The SMILES string of the molecule is C=CC(C)CC(Cl)PN. The largest absolute Gasteiger partial charge is 0.311 e. The fourth-order valence-corrected chi connectivity index (χ4v) is 1.28. The van der Waals surface area contributed by atoms with E-state index in [0.717, 1.165) is 6.42 Å². The van der Waals surface area contributed by atoms with Crippen molar-refractivity contribution in [1.82, 2.24) is 0 Å². The van der Waals surface area contributed by atoms with Crippen LogP contribution in [-0.4, -0.2) is 5.12 Å². The molecule has 1 nitrogen and oxygen atoms in total. The predicted octanol–water partition coefficient (Wildman–Crippen LogP) is 2.32. The number of rotatable bonds is 4. The van der Waals surface area contributed by atoms with Gasteiger partial charge in [0.1, 0.15) is 0 Å². The van der Waals surface area contributed by atoms with Gasteiger partial charge in [-0.1, -0.05) is 13.0 Å². The highest BCUT2D eigenvalue weighted by atomic mass is 35.5. The third kappa shape index (κ3) is 4.90. The molecule has 3 atom stereocenters. The molecule has 9 heavy (non-hydrogen) atoms. The van der Waals surface area contributed by atoms with Crippen LogP contribution in [0.2, 0.25) is 0 Å². The van der Waals surface area contributed by atoms with Crippen LogP contribution in [0.1, 0.15) is 13.3 Å². The van der Waals surface area contributed by atoms with Gasteiger partial charge in [0.25, 0.3) is 0 Å². The van der Waals surface area contributed by atoms with Crippen LogP contribution in [0.4, 0.5) is 0 Å². The van der Waals surface area contributed by atoms with Crippen LogP contribution in [-0.2, 0) is 0 Å². The fourth-order valence-electron chi connectivity index (χ4n) is 0.491. The van der Waals surface area contributed by atoms with E-state index in [1.807, 2.05) is 6.08 Å². The molecule has 0 aliphatic carbocycles.